The van der Waals surface area contributed by atoms with Gasteiger partial charge in [-0.1, -0.05) is 25.6 Å². The smallest absolute Gasteiger partial charge is 0.331 e. The second-order valence-corrected chi connectivity index (χ2v) is 10.6. The Kier molecular flexibility index (Phi) is 15.5. The number of carbonyl (C=O) groups is 6. The first kappa shape index (κ1) is 34.5. The van der Waals surface area contributed by atoms with Gasteiger partial charge >= 0.3 is 5.97 Å². The number of hydrogen-bond donors (Lipinski definition) is 7. The van der Waals surface area contributed by atoms with Gasteiger partial charge in [-0.2, -0.15) is 0 Å². The van der Waals surface area contributed by atoms with E-state index in [9.17, 15) is 39.0 Å². The molecule has 0 aliphatic carbocycles. The highest BCUT2D eigenvalue weighted by Crippen LogP contribution is 2.21. The van der Waals surface area contributed by atoms with Gasteiger partial charge in [0.1, 0.15) is 6.10 Å². The first-order valence-corrected chi connectivity index (χ1v) is 13.5. The normalized spacial score (nSPS) is 12.5. The van der Waals surface area contributed by atoms with Crippen molar-refractivity contribution in [2.75, 3.05) is 38.6 Å². The van der Waals surface area contributed by atoms with Crippen molar-refractivity contribution in [1.82, 2.24) is 31.2 Å². The summed E-state index contributed by atoms with van der Waals surface area (Å²) >= 11 is 0.922. The fraction of sp³-hybridized carbons (Fsp3) is 0.625. The molecule has 1 heterocycles. The minimum atomic E-state index is -1.58. The molecule has 224 valence electrons. The van der Waals surface area contributed by atoms with Crippen LogP contribution in [0.15, 0.2) is 12.5 Å². The summed E-state index contributed by atoms with van der Waals surface area (Å²) in [5.74, 6) is -2.75. The lowest BCUT2D eigenvalue weighted by Gasteiger charge is -2.29. The van der Waals surface area contributed by atoms with Crippen molar-refractivity contribution < 1.29 is 43.7 Å². The monoisotopic (exact) mass is 586 g/mol. The molecule has 0 aliphatic rings. The Balaban J connectivity index is 2.21. The van der Waals surface area contributed by atoms with Crippen molar-refractivity contribution in [2.24, 2.45) is 5.41 Å². The number of aliphatic hydroxyl groups is 2. The molecule has 4 amide bonds. The van der Waals surface area contributed by atoms with Crippen LogP contribution in [0.5, 0.6) is 0 Å². The van der Waals surface area contributed by atoms with Gasteiger partial charge in [0, 0.05) is 62.5 Å². The van der Waals surface area contributed by atoms with Crippen molar-refractivity contribution in [2.45, 2.75) is 52.2 Å². The summed E-state index contributed by atoms with van der Waals surface area (Å²) < 4.78 is 5.03. The number of aromatic amines is 1. The molecule has 7 N–H and O–H groups in total. The number of esters is 1. The molecule has 0 fully saturated rings. The van der Waals surface area contributed by atoms with Crippen molar-refractivity contribution in [3.63, 3.8) is 0 Å². The third kappa shape index (κ3) is 14.0. The van der Waals surface area contributed by atoms with Gasteiger partial charge in [-0.15, -0.1) is 0 Å². The Bertz CT molecular complexity index is 1000. The van der Waals surface area contributed by atoms with Crippen LogP contribution in [0.3, 0.4) is 0 Å². The van der Waals surface area contributed by atoms with Crippen molar-refractivity contribution in [3.8, 4) is 0 Å². The van der Waals surface area contributed by atoms with Gasteiger partial charge in [0.05, 0.1) is 26.0 Å². The SMILES string of the molecule is CC(=O)N[C@@H](CO)C(=O)OCC(C)(C)[C@@H](O)C(=O)NCCC(=O)NCCSC(=O)CC(=O)NCCc1cnc[nH]1. The van der Waals surface area contributed by atoms with Gasteiger partial charge in [0.2, 0.25) is 23.6 Å². The zero-order chi connectivity index (χ0) is 30.1. The van der Waals surface area contributed by atoms with Crippen LogP contribution in [0, 0.1) is 5.41 Å². The van der Waals surface area contributed by atoms with E-state index in [0.717, 1.165) is 17.5 Å². The number of nitrogens with one attached hydrogen (secondary N) is 5. The van der Waals surface area contributed by atoms with E-state index in [4.69, 9.17) is 4.74 Å². The second kappa shape index (κ2) is 18.0. The largest absolute Gasteiger partial charge is 0.463 e. The van der Waals surface area contributed by atoms with Gasteiger partial charge in [0.15, 0.2) is 11.2 Å². The molecule has 0 aromatic carbocycles. The van der Waals surface area contributed by atoms with Gasteiger partial charge in [0.25, 0.3) is 0 Å². The molecule has 0 aliphatic heterocycles. The third-order valence-corrected chi connectivity index (χ3v) is 6.21. The zero-order valence-corrected chi connectivity index (χ0v) is 23.6. The standard InChI is InChI=1S/C24H38N6O9S/c1-15(32)30-17(12-31)23(38)39-13-24(2,3)21(36)22(37)28-7-5-18(33)27-8-9-40-20(35)10-19(34)26-6-4-16-11-25-14-29-16/h11,14,17,21,31,36H,4-10,12-13H2,1-3H3,(H,25,29)(H,26,34)(H,27,33)(H,28,37)(H,30,32)/t17-,21-/m0/s1. The van der Waals surface area contributed by atoms with E-state index >= 15 is 0 Å². The molecule has 0 unspecified atom stereocenters. The lowest BCUT2D eigenvalue weighted by Crippen LogP contribution is -2.48. The Morgan fingerprint density at radius 3 is 2.40 bits per heavy atom. The number of amides is 4. The fourth-order valence-corrected chi connectivity index (χ4v) is 3.72. The maximum atomic E-state index is 12.3. The van der Waals surface area contributed by atoms with Crippen LogP contribution in [0.4, 0.5) is 0 Å². The number of ether oxygens (including phenoxy) is 1. The summed E-state index contributed by atoms with van der Waals surface area (Å²) in [6.45, 7) is 3.56. The molecule has 16 heteroatoms. The molecule has 0 radical (unpaired) electrons. The quantitative estimate of drug-likeness (QED) is 0.0553. The van der Waals surface area contributed by atoms with Crippen LogP contribution in [0.25, 0.3) is 0 Å². The predicted octanol–water partition coefficient (Wildman–Crippen LogP) is -2.23. The fourth-order valence-electron chi connectivity index (χ4n) is 3.06. The van der Waals surface area contributed by atoms with Crippen LogP contribution in [-0.2, 0) is 39.9 Å². The van der Waals surface area contributed by atoms with Crippen molar-refractivity contribution in [1.29, 1.82) is 0 Å². The van der Waals surface area contributed by atoms with Crippen molar-refractivity contribution in [3.05, 3.63) is 18.2 Å². The number of thioether (sulfide) groups is 1. The van der Waals surface area contributed by atoms with E-state index in [1.807, 2.05) is 0 Å². The van der Waals surface area contributed by atoms with Crippen LogP contribution >= 0.6 is 11.8 Å². The van der Waals surface area contributed by atoms with Crippen LogP contribution in [-0.4, -0.2) is 106 Å². The van der Waals surface area contributed by atoms with Crippen molar-refractivity contribution >= 4 is 46.5 Å². The Morgan fingerprint density at radius 1 is 1.07 bits per heavy atom. The van der Waals surface area contributed by atoms with E-state index < -0.39 is 42.0 Å². The highest BCUT2D eigenvalue weighted by molar-refractivity contribution is 8.13. The summed E-state index contributed by atoms with van der Waals surface area (Å²) in [5, 5.41) is 29.1. The molecule has 0 saturated carbocycles. The molecule has 1 rings (SSSR count). The molecule has 1 aromatic heterocycles. The van der Waals surface area contributed by atoms with Gasteiger partial charge in [-0.05, 0) is 0 Å². The zero-order valence-electron chi connectivity index (χ0n) is 22.8. The van der Waals surface area contributed by atoms with Gasteiger partial charge in [-0.25, -0.2) is 9.78 Å². The summed E-state index contributed by atoms with van der Waals surface area (Å²) in [4.78, 5) is 77.8. The van der Waals surface area contributed by atoms with E-state index in [-0.39, 0.29) is 55.2 Å². The van der Waals surface area contributed by atoms with Crippen LogP contribution in [0.2, 0.25) is 0 Å². The molecule has 15 nitrogen and oxygen atoms in total. The lowest BCUT2D eigenvalue weighted by molar-refractivity contribution is -0.157. The molecule has 40 heavy (non-hydrogen) atoms. The topological polar surface area (TPSA) is 229 Å². The van der Waals surface area contributed by atoms with E-state index in [1.54, 1.807) is 6.20 Å². The number of rotatable bonds is 18. The number of aliphatic hydroxyl groups excluding tert-OH is 2. The first-order chi connectivity index (χ1) is 18.9. The van der Waals surface area contributed by atoms with Crippen LogP contribution in [0.1, 0.15) is 39.3 Å². The average Bonchev–Trinajstić information content (AvgIpc) is 3.41. The molecule has 0 spiro atoms. The molecule has 1 aromatic rings. The van der Waals surface area contributed by atoms with E-state index in [0.29, 0.717) is 13.0 Å². The third-order valence-electron chi connectivity index (χ3n) is 5.33. The number of H-pyrrole nitrogens is 1. The average molecular weight is 587 g/mol. The predicted molar refractivity (Wildman–Crippen MR) is 143 cm³/mol. The number of imidazole rings is 1. The Morgan fingerprint density at radius 2 is 1.77 bits per heavy atom. The molecule has 0 bridgehead atoms. The number of carbonyl (C=O) groups excluding carboxylic acids is 6. The molecular formula is C24H38N6O9S. The number of nitrogens with zero attached hydrogens (tertiary/aromatic N) is 1. The first-order valence-electron chi connectivity index (χ1n) is 12.5. The minimum Gasteiger partial charge on any atom is -0.463 e. The molecule has 2 atom stereocenters. The summed E-state index contributed by atoms with van der Waals surface area (Å²) in [5.41, 5.74) is -0.341. The highest BCUT2D eigenvalue weighted by Gasteiger charge is 2.35. The number of hydrogen-bond acceptors (Lipinski definition) is 11. The Hall–Kier alpha value is -3.50. The maximum Gasteiger partial charge on any atom is 0.331 e. The van der Waals surface area contributed by atoms with Crippen LogP contribution < -0.4 is 21.3 Å². The number of aromatic nitrogens is 2. The summed E-state index contributed by atoms with van der Waals surface area (Å²) in [6.07, 6.45) is 1.81. The summed E-state index contributed by atoms with van der Waals surface area (Å²) in [7, 11) is 0. The Labute approximate surface area is 236 Å². The summed E-state index contributed by atoms with van der Waals surface area (Å²) in [6, 6.07) is -1.27. The maximum absolute atomic E-state index is 12.3. The molecule has 0 saturated heterocycles. The lowest BCUT2D eigenvalue weighted by atomic mass is 9.87. The van der Waals surface area contributed by atoms with Gasteiger partial charge in [-0.3, -0.25) is 24.0 Å². The highest BCUT2D eigenvalue weighted by atomic mass is 32.2. The second-order valence-electron chi connectivity index (χ2n) is 9.40. The van der Waals surface area contributed by atoms with E-state index in [1.165, 1.54) is 27.1 Å². The minimum absolute atomic E-state index is 0.0719. The van der Waals surface area contributed by atoms with E-state index in [2.05, 4.69) is 31.2 Å². The molecular weight excluding hydrogens is 548 g/mol. The van der Waals surface area contributed by atoms with Gasteiger partial charge < -0.3 is 41.2 Å².